The number of para-hydroxylation sites is 1. The third-order valence-electron chi connectivity index (χ3n) is 2.22. The van der Waals surface area contributed by atoms with Gasteiger partial charge in [0.2, 0.25) is 0 Å². The minimum Gasteiger partial charge on any atom is -0.486 e. The predicted octanol–water partition coefficient (Wildman–Crippen LogP) is 4.04. The van der Waals surface area contributed by atoms with Crippen molar-refractivity contribution in [1.29, 1.82) is 0 Å². The van der Waals surface area contributed by atoms with Crippen LogP contribution < -0.4 is 4.74 Å². The molecule has 0 saturated heterocycles. The zero-order chi connectivity index (χ0) is 12.1. The monoisotopic (exact) mass is 265 g/mol. The second-order valence-corrected chi connectivity index (χ2v) is 4.63. The zero-order valence-electron chi connectivity index (χ0n) is 9.39. The Morgan fingerprint density at radius 3 is 2.76 bits per heavy atom. The van der Waals surface area contributed by atoms with Crippen molar-refractivity contribution in [3.63, 3.8) is 0 Å². The quantitative estimate of drug-likeness (QED) is 0.615. The van der Waals surface area contributed by atoms with E-state index in [1.54, 1.807) is 17.8 Å². The van der Waals surface area contributed by atoms with Crippen LogP contribution in [0.1, 0.15) is 5.69 Å². The number of thioether (sulfide) groups is 1. The highest BCUT2D eigenvalue weighted by molar-refractivity contribution is 7.98. The van der Waals surface area contributed by atoms with E-state index in [2.05, 4.69) is 4.98 Å². The van der Waals surface area contributed by atoms with Crippen LogP contribution in [-0.4, -0.2) is 11.2 Å². The normalized spacial score (nSPS) is 10.2. The van der Waals surface area contributed by atoms with E-state index in [-0.39, 0.29) is 0 Å². The second-order valence-electron chi connectivity index (χ2n) is 3.39. The molecule has 4 heteroatoms. The summed E-state index contributed by atoms with van der Waals surface area (Å²) in [7, 11) is 0. The Kier molecular flexibility index (Phi) is 4.29. The molecule has 17 heavy (non-hydrogen) atoms. The van der Waals surface area contributed by atoms with Crippen LogP contribution in [0.2, 0.25) is 5.15 Å². The van der Waals surface area contributed by atoms with E-state index in [1.807, 2.05) is 42.7 Å². The van der Waals surface area contributed by atoms with Crippen LogP contribution in [0, 0.1) is 0 Å². The van der Waals surface area contributed by atoms with Crippen molar-refractivity contribution in [3.05, 3.63) is 53.3 Å². The van der Waals surface area contributed by atoms with Crippen LogP contribution in [0.4, 0.5) is 0 Å². The molecule has 0 fully saturated rings. The minimum atomic E-state index is 0.429. The van der Waals surface area contributed by atoms with Gasteiger partial charge in [-0.25, -0.2) is 4.98 Å². The Morgan fingerprint density at radius 1 is 1.18 bits per heavy atom. The van der Waals surface area contributed by atoms with E-state index in [4.69, 9.17) is 16.3 Å². The van der Waals surface area contributed by atoms with Gasteiger partial charge in [0.25, 0.3) is 0 Å². The predicted molar refractivity (Wildman–Crippen MR) is 71.8 cm³/mol. The molecule has 0 atom stereocenters. The van der Waals surface area contributed by atoms with Gasteiger partial charge in [0.1, 0.15) is 17.5 Å². The van der Waals surface area contributed by atoms with Crippen molar-refractivity contribution in [2.45, 2.75) is 11.5 Å². The van der Waals surface area contributed by atoms with E-state index >= 15 is 0 Å². The Morgan fingerprint density at radius 2 is 2.00 bits per heavy atom. The lowest BCUT2D eigenvalue weighted by Gasteiger charge is -2.09. The molecule has 0 aliphatic heterocycles. The third-order valence-corrected chi connectivity index (χ3v) is 3.21. The summed E-state index contributed by atoms with van der Waals surface area (Å²) in [5.74, 6) is 0.877. The Hall–Kier alpha value is -1.19. The average molecular weight is 266 g/mol. The molecular weight excluding hydrogens is 254 g/mol. The van der Waals surface area contributed by atoms with Crippen molar-refractivity contribution in [2.24, 2.45) is 0 Å². The summed E-state index contributed by atoms with van der Waals surface area (Å²) < 4.78 is 5.73. The van der Waals surface area contributed by atoms with E-state index in [1.165, 1.54) is 0 Å². The molecule has 0 N–H and O–H groups in total. The van der Waals surface area contributed by atoms with Gasteiger partial charge in [-0.05, 0) is 30.5 Å². The molecular formula is C13H12ClNOS. The number of halogens is 1. The lowest BCUT2D eigenvalue weighted by atomic mass is 10.3. The van der Waals surface area contributed by atoms with Gasteiger partial charge in [0.15, 0.2) is 0 Å². The highest BCUT2D eigenvalue weighted by Crippen LogP contribution is 2.27. The maximum absolute atomic E-state index is 5.81. The number of ether oxygens (including phenoxy) is 1. The first kappa shape index (κ1) is 12.3. The van der Waals surface area contributed by atoms with Crippen LogP contribution in [0.25, 0.3) is 0 Å². The van der Waals surface area contributed by atoms with Gasteiger partial charge in [-0.1, -0.05) is 29.8 Å². The summed E-state index contributed by atoms with van der Waals surface area (Å²) in [6.45, 7) is 0.429. The first-order chi connectivity index (χ1) is 8.29. The SMILES string of the molecule is CSc1ccccc1OCc1cccc(Cl)n1. The Bertz CT molecular complexity index is 504. The van der Waals surface area contributed by atoms with Gasteiger partial charge in [-0.3, -0.25) is 0 Å². The first-order valence-electron chi connectivity index (χ1n) is 5.17. The molecule has 0 unspecified atom stereocenters. The highest BCUT2D eigenvalue weighted by Gasteiger charge is 2.02. The van der Waals surface area contributed by atoms with Gasteiger partial charge in [0, 0.05) is 4.90 Å². The number of aromatic nitrogens is 1. The molecule has 2 aromatic rings. The van der Waals surface area contributed by atoms with Gasteiger partial charge < -0.3 is 4.74 Å². The number of benzene rings is 1. The van der Waals surface area contributed by atoms with Crippen LogP contribution in [0.5, 0.6) is 5.75 Å². The van der Waals surface area contributed by atoms with E-state index in [0.717, 1.165) is 16.3 Å². The van der Waals surface area contributed by atoms with Crippen molar-refractivity contribution in [1.82, 2.24) is 4.98 Å². The molecule has 0 aliphatic carbocycles. The van der Waals surface area contributed by atoms with Crippen molar-refractivity contribution in [3.8, 4) is 5.75 Å². The summed E-state index contributed by atoms with van der Waals surface area (Å²) in [6, 6.07) is 13.5. The number of nitrogens with zero attached hydrogens (tertiary/aromatic N) is 1. The summed E-state index contributed by atoms with van der Waals surface area (Å²) in [5.41, 5.74) is 0.827. The van der Waals surface area contributed by atoms with Crippen LogP contribution >= 0.6 is 23.4 Å². The fraction of sp³-hybridized carbons (Fsp3) is 0.154. The van der Waals surface area contributed by atoms with Crippen molar-refractivity contribution >= 4 is 23.4 Å². The molecule has 2 rings (SSSR count). The number of pyridine rings is 1. The summed E-state index contributed by atoms with van der Waals surface area (Å²) in [6.07, 6.45) is 2.03. The van der Waals surface area contributed by atoms with Gasteiger partial charge in [0.05, 0.1) is 5.69 Å². The average Bonchev–Trinajstić information content (AvgIpc) is 2.37. The van der Waals surface area contributed by atoms with Gasteiger partial charge in [-0.2, -0.15) is 0 Å². The van der Waals surface area contributed by atoms with Crippen LogP contribution in [0.15, 0.2) is 47.4 Å². The van der Waals surface area contributed by atoms with E-state index < -0.39 is 0 Å². The molecule has 0 radical (unpaired) electrons. The maximum Gasteiger partial charge on any atom is 0.133 e. The van der Waals surface area contributed by atoms with Crippen LogP contribution in [0.3, 0.4) is 0 Å². The lowest BCUT2D eigenvalue weighted by Crippen LogP contribution is -1.98. The van der Waals surface area contributed by atoms with E-state index in [9.17, 15) is 0 Å². The Balaban J connectivity index is 2.07. The molecule has 1 aromatic heterocycles. The lowest BCUT2D eigenvalue weighted by molar-refractivity contribution is 0.294. The minimum absolute atomic E-state index is 0.429. The number of hydrogen-bond donors (Lipinski definition) is 0. The molecule has 0 aliphatic rings. The molecule has 1 heterocycles. The number of rotatable bonds is 4. The standard InChI is InChI=1S/C13H12ClNOS/c1-17-12-7-3-2-6-11(12)16-9-10-5-4-8-13(14)15-10/h2-8H,9H2,1H3. The summed E-state index contributed by atoms with van der Waals surface area (Å²) in [5, 5.41) is 0.490. The first-order valence-corrected chi connectivity index (χ1v) is 6.77. The maximum atomic E-state index is 5.81. The Labute approximate surface area is 110 Å². The van der Waals surface area contributed by atoms with Gasteiger partial charge in [-0.15, -0.1) is 11.8 Å². The largest absolute Gasteiger partial charge is 0.486 e. The smallest absolute Gasteiger partial charge is 0.133 e. The third kappa shape index (κ3) is 3.38. The fourth-order valence-electron chi connectivity index (χ4n) is 1.42. The zero-order valence-corrected chi connectivity index (χ0v) is 11.0. The van der Waals surface area contributed by atoms with E-state index in [0.29, 0.717) is 11.8 Å². The molecule has 2 nitrogen and oxygen atoms in total. The molecule has 0 amide bonds. The molecule has 88 valence electrons. The highest BCUT2D eigenvalue weighted by atomic mass is 35.5. The molecule has 0 bridgehead atoms. The molecule has 0 saturated carbocycles. The fourth-order valence-corrected chi connectivity index (χ4v) is 2.14. The molecule has 0 spiro atoms. The van der Waals surface area contributed by atoms with Gasteiger partial charge >= 0.3 is 0 Å². The second kappa shape index (κ2) is 5.94. The van der Waals surface area contributed by atoms with Crippen molar-refractivity contribution < 1.29 is 4.74 Å². The van der Waals surface area contributed by atoms with Crippen molar-refractivity contribution in [2.75, 3.05) is 6.26 Å². The summed E-state index contributed by atoms with van der Waals surface area (Å²) >= 11 is 7.48. The topological polar surface area (TPSA) is 22.1 Å². The number of hydrogen-bond acceptors (Lipinski definition) is 3. The summed E-state index contributed by atoms with van der Waals surface area (Å²) in [4.78, 5) is 5.30. The van der Waals surface area contributed by atoms with Crippen LogP contribution in [-0.2, 0) is 6.61 Å². The molecule has 1 aromatic carbocycles.